The van der Waals surface area contributed by atoms with E-state index < -0.39 is 10.0 Å². The lowest BCUT2D eigenvalue weighted by Gasteiger charge is -2.16. The predicted octanol–water partition coefficient (Wildman–Crippen LogP) is 1.03. The minimum Gasteiger partial charge on any atom is -0.396 e. The lowest BCUT2D eigenvalue weighted by molar-refractivity contribution is 0.251. The Bertz CT molecular complexity index is 560. The van der Waals surface area contributed by atoms with Gasteiger partial charge in [0.05, 0.1) is 0 Å². The van der Waals surface area contributed by atoms with Crippen molar-refractivity contribution in [2.45, 2.75) is 31.1 Å². The van der Waals surface area contributed by atoms with Crippen LogP contribution in [-0.4, -0.2) is 31.7 Å². The third-order valence-corrected chi connectivity index (χ3v) is 4.42. The summed E-state index contributed by atoms with van der Waals surface area (Å²) in [4.78, 5) is 3.63. The summed E-state index contributed by atoms with van der Waals surface area (Å²) in [5.41, 5.74) is -0.116. The van der Waals surface area contributed by atoms with Crippen LogP contribution in [0.1, 0.15) is 31.9 Å². The summed E-state index contributed by atoms with van der Waals surface area (Å²) in [6.07, 6.45) is 3.68. The maximum Gasteiger partial charge on any atom is 0.243 e. The van der Waals surface area contributed by atoms with E-state index in [1.54, 1.807) is 6.07 Å². The molecule has 110 valence electrons. The van der Waals surface area contributed by atoms with Crippen LogP contribution >= 0.6 is 0 Å². The van der Waals surface area contributed by atoms with Crippen molar-refractivity contribution < 1.29 is 13.5 Å². The molecule has 6 nitrogen and oxygen atoms in total. The average molecular weight is 297 g/mol. The molecule has 0 aliphatic heterocycles. The molecule has 0 amide bonds. The van der Waals surface area contributed by atoms with Gasteiger partial charge >= 0.3 is 0 Å². The minimum absolute atomic E-state index is 0.0305. The molecule has 0 aliphatic carbocycles. The highest BCUT2D eigenvalue weighted by Crippen LogP contribution is 2.14. The zero-order valence-corrected chi connectivity index (χ0v) is 12.2. The average Bonchev–Trinajstić information content (AvgIpc) is 2.45. The SMILES string of the molecule is CCCC(CCO)CNS(=O)(=O)c1cccnc1C#N. The van der Waals surface area contributed by atoms with Gasteiger partial charge in [-0.05, 0) is 30.9 Å². The predicted molar refractivity (Wildman–Crippen MR) is 74.2 cm³/mol. The molecule has 1 rings (SSSR count). The summed E-state index contributed by atoms with van der Waals surface area (Å²) in [6.45, 7) is 2.28. The number of sulfonamides is 1. The highest BCUT2D eigenvalue weighted by Gasteiger charge is 2.20. The van der Waals surface area contributed by atoms with Crippen molar-refractivity contribution in [3.05, 3.63) is 24.0 Å². The molecule has 0 saturated heterocycles. The molecule has 2 N–H and O–H groups in total. The molecule has 0 aromatic carbocycles. The van der Waals surface area contributed by atoms with Crippen LogP contribution in [0.3, 0.4) is 0 Å². The Balaban J connectivity index is 2.82. The van der Waals surface area contributed by atoms with E-state index in [1.807, 2.05) is 6.92 Å². The first kappa shape index (κ1) is 16.6. The van der Waals surface area contributed by atoms with Gasteiger partial charge in [-0.15, -0.1) is 0 Å². The molecule has 1 aromatic heterocycles. The molecule has 0 spiro atoms. The zero-order valence-electron chi connectivity index (χ0n) is 11.4. The van der Waals surface area contributed by atoms with Crippen molar-refractivity contribution in [3.8, 4) is 6.07 Å². The molecule has 0 radical (unpaired) electrons. The van der Waals surface area contributed by atoms with Gasteiger partial charge < -0.3 is 5.11 Å². The Kier molecular flexibility index (Phi) is 6.58. The fourth-order valence-electron chi connectivity index (χ4n) is 1.94. The first-order valence-electron chi connectivity index (χ1n) is 6.50. The zero-order chi connectivity index (χ0) is 15.0. The first-order chi connectivity index (χ1) is 9.55. The smallest absolute Gasteiger partial charge is 0.243 e. The van der Waals surface area contributed by atoms with Crippen LogP contribution in [0.15, 0.2) is 23.2 Å². The monoisotopic (exact) mass is 297 g/mol. The van der Waals surface area contributed by atoms with E-state index >= 15 is 0 Å². The summed E-state index contributed by atoms with van der Waals surface area (Å²) in [6, 6.07) is 4.60. The van der Waals surface area contributed by atoms with Gasteiger partial charge in [0.1, 0.15) is 11.0 Å². The molecular formula is C13H19N3O3S. The summed E-state index contributed by atoms with van der Waals surface area (Å²) in [5.74, 6) is 0.0852. The van der Waals surface area contributed by atoms with Crippen LogP contribution < -0.4 is 4.72 Å². The summed E-state index contributed by atoms with van der Waals surface area (Å²) < 4.78 is 26.8. The molecule has 1 aromatic rings. The van der Waals surface area contributed by atoms with Crippen molar-refractivity contribution in [3.63, 3.8) is 0 Å². The molecule has 1 unspecified atom stereocenters. The maximum absolute atomic E-state index is 12.2. The largest absolute Gasteiger partial charge is 0.396 e. The topological polar surface area (TPSA) is 103 Å². The normalized spacial score (nSPS) is 12.8. The number of nitrogens with zero attached hydrogens (tertiary/aromatic N) is 2. The second-order valence-electron chi connectivity index (χ2n) is 4.48. The number of pyridine rings is 1. The summed E-state index contributed by atoms with van der Waals surface area (Å²) >= 11 is 0. The van der Waals surface area contributed by atoms with Gasteiger partial charge in [0.25, 0.3) is 0 Å². The van der Waals surface area contributed by atoms with E-state index in [9.17, 15) is 8.42 Å². The van der Waals surface area contributed by atoms with Gasteiger partial charge in [-0.25, -0.2) is 18.1 Å². The second kappa shape index (κ2) is 7.94. The second-order valence-corrected chi connectivity index (χ2v) is 6.22. The van der Waals surface area contributed by atoms with Crippen LogP contribution in [0, 0.1) is 17.2 Å². The summed E-state index contributed by atoms with van der Waals surface area (Å²) in [7, 11) is -3.75. The minimum atomic E-state index is -3.75. The Hall–Kier alpha value is -1.49. The lowest BCUT2D eigenvalue weighted by Crippen LogP contribution is -2.30. The van der Waals surface area contributed by atoms with Crippen molar-refractivity contribution in [2.75, 3.05) is 13.2 Å². The molecular weight excluding hydrogens is 278 g/mol. The molecule has 0 saturated carbocycles. The van der Waals surface area contributed by atoms with Crippen LogP contribution in [0.25, 0.3) is 0 Å². The van der Waals surface area contributed by atoms with Gasteiger partial charge in [-0.1, -0.05) is 13.3 Å². The quantitative estimate of drug-likeness (QED) is 0.746. The Morgan fingerprint density at radius 3 is 2.85 bits per heavy atom. The first-order valence-corrected chi connectivity index (χ1v) is 7.99. The van der Waals surface area contributed by atoms with E-state index in [2.05, 4.69) is 9.71 Å². The van der Waals surface area contributed by atoms with Crippen LogP contribution in [0.2, 0.25) is 0 Å². The van der Waals surface area contributed by atoms with Gasteiger partial charge in [0.2, 0.25) is 10.0 Å². The number of aliphatic hydroxyl groups excluding tert-OH is 1. The van der Waals surface area contributed by atoms with E-state index in [1.165, 1.54) is 18.3 Å². The number of aliphatic hydroxyl groups is 1. The Labute approximate surface area is 119 Å². The number of aromatic nitrogens is 1. The third-order valence-electron chi connectivity index (χ3n) is 2.96. The summed E-state index contributed by atoms with van der Waals surface area (Å²) in [5, 5.41) is 17.9. The fourth-order valence-corrected chi connectivity index (χ4v) is 3.16. The van der Waals surface area contributed by atoms with E-state index in [-0.39, 0.29) is 29.7 Å². The molecule has 1 atom stereocenters. The fraction of sp³-hybridized carbons (Fsp3) is 0.538. The van der Waals surface area contributed by atoms with Crippen LogP contribution in [-0.2, 0) is 10.0 Å². The van der Waals surface area contributed by atoms with E-state index in [0.29, 0.717) is 6.42 Å². The van der Waals surface area contributed by atoms with Crippen molar-refractivity contribution in [1.29, 1.82) is 5.26 Å². The molecule has 7 heteroatoms. The van der Waals surface area contributed by atoms with Crippen molar-refractivity contribution >= 4 is 10.0 Å². The van der Waals surface area contributed by atoms with Crippen molar-refractivity contribution in [2.24, 2.45) is 5.92 Å². The van der Waals surface area contributed by atoms with Crippen LogP contribution in [0.4, 0.5) is 0 Å². The van der Waals surface area contributed by atoms with Gasteiger partial charge in [0.15, 0.2) is 5.69 Å². The Morgan fingerprint density at radius 2 is 2.25 bits per heavy atom. The van der Waals surface area contributed by atoms with Gasteiger partial charge in [0, 0.05) is 19.3 Å². The highest BCUT2D eigenvalue weighted by molar-refractivity contribution is 7.89. The maximum atomic E-state index is 12.2. The Morgan fingerprint density at radius 1 is 1.50 bits per heavy atom. The number of hydrogen-bond acceptors (Lipinski definition) is 5. The van der Waals surface area contributed by atoms with E-state index in [4.69, 9.17) is 10.4 Å². The molecule has 0 bridgehead atoms. The standard InChI is InChI=1S/C13H19N3O3S/c1-2-4-11(6-8-17)10-16-20(18,19)13-5-3-7-15-12(13)9-14/h3,5,7,11,16-17H,2,4,6,8,10H2,1H3. The number of rotatable bonds is 8. The molecule has 20 heavy (non-hydrogen) atoms. The number of hydrogen-bond donors (Lipinski definition) is 2. The molecule has 0 aliphatic rings. The third kappa shape index (κ3) is 4.56. The lowest BCUT2D eigenvalue weighted by atomic mass is 10.0. The highest BCUT2D eigenvalue weighted by atomic mass is 32.2. The van der Waals surface area contributed by atoms with Gasteiger partial charge in [-0.3, -0.25) is 0 Å². The molecule has 1 heterocycles. The number of nitrogens with one attached hydrogen (secondary N) is 1. The van der Waals surface area contributed by atoms with Crippen LogP contribution in [0.5, 0.6) is 0 Å². The van der Waals surface area contributed by atoms with E-state index in [0.717, 1.165) is 12.8 Å². The molecule has 0 fully saturated rings. The number of nitriles is 1. The van der Waals surface area contributed by atoms with Gasteiger partial charge in [-0.2, -0.15) is 5.26 Å². The van der Waals surface area contributed by atoms with Crippen molar-refractivity contribution in [1.82, 2.24) is 9.71 Å².